The van der Waals surface area contributed by atoms with Crippen LogP contribution in [-0.4, -0.2) is 32.5 Å². The van der Waals surface area contributed by atoms with Crippen LogP contribution in [0, 0.1) is 24.2 Å². The first-order valence-electron chi connectivity index (χ1n) is 11.4. The fourth-order valence-electron chi connectivity index (χ4n) is 3.48. The van der Waals surface area contributed by atoms with E-state index >= 15 is 0 Å². The number of aromatic nitrogens is 1. The topological polar surface area (TPSA) is 49.2 Å². The zero-order valence-electron chi connectivity index (χ0n) is 20.2. The smallest absolute Gasteiger partial charge is 0.191 e. The van der Waals surface area contributed by atoms with Crippen LogP contribution in [-0.2, 0) is 4.43 Å². The predicted octanol–water partition coefficient (Wildman–Crippen LogP) is 7.01. The number of hydrogen-bond donors (Lipinski definition) is 0. The second-order valence-corrected chi connectivity index (χ2v) is 16.2. The molecule has 1 aliphatic carbocycles. The van der Waals surface area contributed by atoms with E-state index in [-0.39, 0.29) is 5.04 Å². The lowest BCUT2D eigenvalue weighted by Gasteiger charge is -2.37. The van der Waals surface area contributed by atoms with Gasteiger partial charge in [0.15, 0.2) is 8.32 Å². The molecule has 31 heavy (non-hydrogen) atoms. The molecule has 0 amide bonds. The number of benzene rings is 1. The van der Waals surface area contributed by atoms with Crippen LogP contribution in [0.1, 0.15) is 58.2 Å². The van der Waals surface area contributed by atoms with E-state index in [1.165, 1.54) is 17.7 Å². The highest BCUT2D eigenvalue weighted by molar-refractivity contribution is 7.13. The summed E-state index contributed by atoms with van der Waals surface area (Å²) in [5.41, 5.74) is 5.95. The Labute approximate surface area is 193 Å². The lowest BCUT2D eigenvalue weighted by Crippen LogP contribution is -2.42. The molecule has 1 aromatic heterocycles. The van der Waals surface area contributed by atoms with E-state index in [0.717, 1.165) is 42.1 Å². The first-order chi connectivity index (χ1) is 14.5. The Morgan fingerprint density at radius 1 is 1.32 bits per heavy atom. The Morgan fingerprint density at radius 2 is 2.03 bits per heavy atom. The molecule has 168 valence electrons. The normalized spacial score (nSPS) is 15.5. The summed E-state index contributed by atoms with van der Waals surface area (Å²) in [7, 11) is -1.72. The van der Waals surface area contributed by atoms with Crippen LogP contribution in [0.15, 0.2) is 23.7 Å². The van der Waals surface area contributed by atoms with Crippen molar-refractivity contribution in [3.05, 3.63) is 35.0 Å². The van der Waals surface area contributed by atoms with E-state index in [0.29, 0.717) is 12.0 Å². The Morgan fingerprint density at radius 3 is 2.58 bits per heavy atom. The second-order valence-electron chi connectivity index (χ2n) is 10.5. The summed E-state index contributed by atoms with van der Waals surface area (Å²) < 4.78 is 6.46. The molecule has 1 atom stereocenters. The van der Waals surface area contributed by atoms with Crippen molar-refractivity contribution in [1.82, 2.24) is 4.98 Å². The zero-order chi connectivity index (χ0) is 22.8. The predicted molar refractivity (Wildman–Crippen MR) is 134 cm³/mol. The first kappa shape index (κ1) is 24.0. The molecule has 1 unspecified atom stereocenters. The van der Waals surface area contributed by atoms with Gasteiger partial charge in [-0.1, -0.05) is 33.8 Å². The Kier molecular flexibility index (Phi) is 7.30. The van der Waals surface area contributed by atoms with Crippen molar-refractivity contribution in [3.8, 4) is 16.5 Å². The maximum atomic E-state index is 9.77. The van der Waals surface area contributed by atoms with E-state index in [1.807, 2.05) is 18.5 Å². The summed E-state index contributed by atoms with van der Waals surface area (Å²) >= 11 is 1.66. The molecule has 0 radical (unpaired) electrons. The van der Waals surface area contributed by atoms with Gasteiger partial charge < -0.3 is 9.33 Å². The van der Waals surface area contributed by atoms with E-state index in [1.54, 1.807) is 11.3 Å². The van der Waals surface area contributed by atoms with Gasteiger partial charge in [-0.3, -0.25) is 0 Å². The van der Waals surface area contributed by atoms with E-state index < -0.39 is 8.32 Å². The summed E-state index contributed by atoms with van der Waals surface area (Å²) in [6.07, 6.45) is 3.49. The molecule has 0 bridgehead atoms. The third-order valence-corrected chi connectivity index (χ3v) is 12.3. The largest absolute Gasteiger partial charge is 0.417 e. The summed E-state index contributed by atoms with van der Waals surface area (Å²) in [5.74, 6) is 0.493. The van der Waals surface area contributed by atoms with Crippen LogP contribution in [0.25, 0.3) is 10.4 Å². The summed E-state index contributed by atoms with van der Waals surface area (Å²) in [4.78, 5) is 8.07. The van der Waals surface area contributed by atoms with E-state index in [2.05, 4.69) is 68.9 Å². The van der Waals surface area contributed by atoms with Crippen LogP contribution in [0.4, 0.5) is 5.69 Å². The highest BCUT2D eigenvalue weighted by Crippen LogP contribution is 2.39. The fraction of sp³-hybridized carbons (Fsp3) is 0.600. The van der Waals surface area contributed by atoms with Crippen LogP contribution in [0.2, 0.25) is 18.1 Å². The zero-order valence-corrected chi connectivity index (χ0v) is 22.0. The second kappa shape index (κ2) is 9.44. The van der Waals surface area contributed by atoms with Crippen LogP contribution in [0.3, 0.4) is 0 Å². The van der Waals surface area contributed by atoms with E-state index in [4.69, 9.17) is 4.43 Å². The maximum Gasteiger partial charge on any atom is 0.191 e. The molecule has 4 nitrogen and oxygen atoms in total. The van der Waals surface area contributed by atoms with Gasteiger partial charge in [0.05, 0.1) is 27.3 Å². The van der Waals surface area contributed by atoms with Crippen molar-refractivity contribution in [1.29, 1.82) is 5.26 Å². The monoisotopic (exact) mass is 455 g/mol. The quantitative estimate of drug-likeness (QED) is 0.382. The van der Waals surface area contributed by atoms with Crippen molar-refractivity contribution in [2.75, 3.05) is 18.1 Å². The third kappa shape index (κ3) is 5.77. The number of nitrogens with zero attached hydrogens (tertiary/aromatic N) is 3. The minimum Gasteiger partial charge on any atom is -0.417 e. The average Bonchev–Trinajstić information content (AvgIpc) is 3.45. The Balaban J connectivity index is 1.73. The third-order valence-electron chi connectivity index (χ3n) is 6.82. The van der Waals surface area contributed by atoms with Crippen molar-refractivity contribution in [3.63, 3.8) is 0 Å². The summed E-state index contributed by atoms with van der Waals surface area (Å²) in [6, 6.07) is 9.21. The molecule has 0 spiro atoms. The molecule has 1 saturated carbocycles. The van der Waals surface area contributed by atoms with Gasteiger partial charge in [-0.25, -0.2) is 4.98 Å². The highest BCUT2D eigenvalue weighted by atomic mass is 32.1. The van der Waals surface area contributed by atoms with Gasteiger partial charge in [0.25, 0.3) is 0 Å². The lowest BCUT2D eigenvalue weighted by molar-refractivity contribution is 0.232. The molecule has 0 N–H and O–H groups in total. The standard InChI is InChI=1S/C25H37N3OSSi/c1-18(16-29-31(6,7)25(3,4)5)12-13-28(22-10-11-22)23-14-20(8-9-21(23)15-26)24-19(2)27-17-30-24/h8-9,14,17-18,22H,10-13,16H2,1-7H3. The van der Waals surface area contributed by atoms with Gasteiger partial charge in [0, 0.05) is 19.2 Å². The maximum absolute atomic E-state index is 9.77. The summed E-state index contributed by atoms with van der Waals surface area (Å²) in [5, 5.41) is 10.0. The lowest BCUT2D eigenvalue weighted by atomic mass is 10.0. The molecule has 0 aliphatic heterocycles. The van der Waals surface area contributed by atoms with Gasteiger partial charge in [-0.05, 0) is 67.9 Å². The fourth-order valence-corrected chi connectivity index (χ4v) is 5.42. The molecule has 2 aromatic rings. The highest BCUT2D eigenvalue weighted by Gasteiger charge is 2.37. The molecule has 3 rings (SSSR count). The van der Waals surface area contributed by atoms with Crippen molar-refractivity contribution >= 4 is 25.3 Å². The van der Waals surface area contributed by atoms with Crippen molar-refractivity contribution in [2.24, 2.45) is 5.92 Å². The SMILES string of the molecule is Cc1ncsc1-c1ccc(C#N)c(N(CCC(C)CO[Si](C)(C)C(C)(C)C)C2CC2)c1. The minimum atomic E-state index is -1.72. The van der Waals surface area contributed by atoms with Crippen LogP contribution < -0.4 is 4.90 Å². The van der Waals surface area contributed by atoms with Gasteiger partial charge >= 0.3 is 0 Å². The van der Waals surface area contributed by atoms with Crippen molar-refractivity contribution in [2.45, 2.75) is 78.1 Å². The molecule has 1 aromatic carbocycles. The molecule has 1 heterocycles. The number of thiazole rings is 1. The number of rotatable bonds is 9. The molecule has 1 aliphatic rings. The van der Waals surface area contributed by atoms with E-state index in [9.17, 15) is 5.26 Å². The van der Waals surface area contributed by atoms with Crippen LogP contribution >= 0.6 is 11.3 Å². The van der Waals surface area contributed by atoms with Crippen LogP contribution in [0.5, 0.6) is 0 Å². The Bertz CT molecular complexity index is 937. The number of aryl methyl sites for hydroxylation is 1. The molecular formula is C25H37N3OSSi. The molecular weight excluding hydrogens is 418 g/mol. The average molecular weight is 456 g/mol. The Hall–Kier alpha value is -1.68. The van der Waals surface area contributed by atoms with Gasteiger partial charge in [0.1, 0.15) is 6.07 Å². The van der Waals surface area contributed by atoms with Gasteiger partial charge in [-0.2, -0.15) is 5.26 Å². The first-order valence-corrected chi connectivity index (χ1v) is 15.2. The number of nitriles is 1. The number of hydrogen-bond acceptors (Lipinski definition) is 5. The molecule has 6 heteroatoms. The molecule has 1 fully saturated rings. The van der Waals surface area contributed by atoms with Gasteiger partial charge in [0.2, 0.25) is 0 Å². The minimum absolute atomic E-state index is 0.240. The molecule has 0 saturated heterocycles. The summed E-state index contributed by atoms with van der Waals surface area (Å²) in [6.45, 7) is 17.6. The number of anilines is 1. The van der Waals surface area contributed by atoms with Crippen molar-refractivity contribution < 1.29 is 4.43 Å². The van der Waals surface area contributed by atoms with Gasteiger partial charge in [-0.15, -0.1) is 11.3 Å².